The Bertz CT molecular complexity index is 1060. The van der Waals surface area contributed by atoms with Crippen LogP contribution in [0.15, 0.2) is 54.6 Å². The Morgan fingerprint density at radius 1 is 0.931 bits per heavy atom. The Balaban J connectivity index is 0.00000240. The molecule has 0 bridgehead atoms. The van der Waals surface area contributed by atoms with Crippen molar-refractivity contribution in [1.29, 1.82) is 0 Å². The number of hydrogen-bond acceptors (Lipinski definition) is 1. The molecule has 1 aliphatic heterocycles. The number of benzene rings is 3. The zero-order valence-electron chi connectivity index (χ0n) is 16.2. The van der Waals surface area contributed by atoms with E-state index in [9.17, 15) is 13.2 Å². The monoisotopic (exact) mass is 417 g/mol. The van der Waals surface area contributed by atoms with Gasteiger partial charge in [-0.2, -0.15) is 0 Å². The van der Waals surface area contributed by atoms with Gasteiger partial charge in [0.1, 0.15) is 5.82 Å². The predicted molar refractivity (Wildman–Crippen MR) is 115 cm³/mol. The average molecular weight is 418 g/mol. The first-order chi connectivity index (χ1) is 13.5. The van der Waals surface area contributed by atoms with E-state index in [0.29, 0.717) is 13.0 Å². The Morgan fingerprint density at radius 3 is 2.41 bits per heavy atom. The van der Waals surface area contributed by atoms with E-state index in [1.54, 1.807) is 0 Å². The van der Waals surface area contributed by atoms with E-state index < -0.39 is 17.5 Å². The first-order valence-electron chi connectivity index (χ1n) is 9.56. The van der Waals surface area contributed by atoms with Gasteiger partial charge < -0.3 is 0 Å². The van der Waals surface area contributed by atoms with Crippen molar-refractivity contribution in [3.05, 3.63) is 88.7 Å². The third kappa shape index (κ3) is 4.49. The highest BCUT2D eigenvalue weighted by atomic mass is 35.5. The van der Waals surface area contributed by atoms with E-state index in [-0.39, 0.29) is 23.5 Å². The van der Waals surface area contributed by atoms with Gasteiger partial charge in [-0.15, -0.1) is 12.4 Å². The lowest BCUT2D eigenvalue weighted by Gasteiger charge is -2.27. The molecule has 5 heteroatoms. The van der Waals surface area contributed by atoms with Crippen LogP contribution in [0.25, 0.3) is 16.3 Å². The Morgan fingerprint density at radius 2 is 1.69 bits per heavy atom. The second-order valence-corrected chi connectivity index (χ2v) is 7.37. The van der Waals surface area contributed by atoms with Gasteiger partial charge in [0.05, 0.1) is 0 Å². The summed E-state index contributed by atoms with van der Waals surface area (Å²) in [5.41, 5.74) is 1.97. The Labute approximate surface area is 175 Å². The minimum Gasteiger partial charge on any atom is -0.299 e. The highest BCUT2D eigenvalue weighted by molar-refractivity contribution is 5.85. The molecule has 0 radical (unpaired) electrons. The van der Waals surface area contributed by atoms with E-state index >= 15 is 0 Å². The van der Waals surface area contributed by atoms with Gasteiger partial charge >= 0.3 is 0 Å². The van der Waals surface area contributed by atoms with Crippen LogP contribution in [-0.4, -0.2) is 24.5 Å². The number of fused-ring (bicyclic) bond motifs is 1. The summed E-state index contributed by atoms with van der Waals surface area (Å²) in [5, 5.41) is 2.48. The van der Waals surface area contributed by atoms with Crippen molar-refractivity contribution < 1.29 is 13.2 Å². The standard InChI is InChI=1S/C24H22F3N.ClH/c1-16-23(26)21(15-22(25)24(16)27)19-9-12-28(13-10-19)11-8-17-6-7-18-4-2-3-5-20(18)14-17;/h2-7,9,14-15H,8,10-13H2,1H3;1H. The summed E-state index contributed by atoms with van der Waals surface area (Å²) < 4.78 is 41.6. The lowest BCUT2D eigenvalue weighted by Crippen LogP contribution is -2.30. The van der Waals surface area contributed by atoms with Crippen LogP contribution in [0.5, 0.6) is 0 Å². The second-order valence-electron chi connectivity index (χ2n) is 7.37. The smallest absolute Gasteiger partial charge is 0.164 e. The van der Waals surface area contributed by atoms with Gasteiger partial charge in [0, 0.05) is 30.8 Å². The van der Waals surface area contributed by atoms with E-state index in [1.807, 2.05) is 18.2 Å². The van der Waals surface area contributed by atoms with Gasteiger partial charge in [-0.3, -0.25) is 4.90 Å². The maximum absolute atomic E-state index is 14.4. The molecule has 0 fully saturated rings. The second kappa shape index (κ2) is 9.02. The van der Waals surface area contributed by atoms with E-state index in [4.69, 9.17) is 0 Å². The summed E-state index contributed by atoms with van der Waals surface area (Å²) in [5.74, 6) is -2.75. The molecular weight excluding hydrogens is 395 g/mol. The van der Waals surface area contributed by atoms with Gasteiger partial charge in [0.15, 0.2) is 11.6 Å². The van der Waals surface area contributed by atoms with Crippen LogP contribution in [0.2, 0.25) is 0 Å². The zero-order chi connectivity index (χ0) is 19.7. The molecule has 0 amide bonds. The number of halogens is 4. The fourth-order valence-electron chi connectivity index (χ4n) is 3.81. The van der Waals surface area contributed by atoms with Crippen LogP contribution in [0.3, 0.4) is 0 Å². The normalized spacial score (nSPS) is 14.6. The van der Waals surface area contributed by atoms with Crippen LogP contribution in [-0.2, 0) is 6.42 Å². The number of nitrogens with zero attached hydrogens (tertiary/aromatic N) is 1. The quantitative estimate of drug-likeness (QED) is 0.449. The van der Waals surface area contributed by atoms with Crippen LogP contribution in [0, 0.1) is 24.4 Å². The Kier molecular flexibility index (Phi) is 6.66. The highest BCUT2D eigenvalue weighted by Gasteiger charge is 2.20. The van der Waals surface area contributed by atoms with Crippen molar-refractivity contribution >= 4 is 28.8 Å². The number of hydrogen-bond donors (Lipinski definition) is 0. The molecule has 0 aliphatic carbocycles. The first kappa shape index (κ1) is 21.4. The molecule has 0 aromatic heterocycles. The van der Waals surface area contributed by atoms with Crippen LogP contribution < -0.4 is 0 Å². The maximum atomic E-state index is 14.4. The summed E-state index contributed by atoms with van der Waals surface area (Å²) in [6.07, 6.45) is 3.49. The average Bonchev–Trinajstić information content (AvgIpc) is 2.73. The van der Waals surface area contributed by atoms with E-state index in [2.05, 4.69) is 35.2 Å². The summed E-state index contributed by atoms with van der Waals surface area (Å²) in [6.45, 7) is 3.63. The van der Waals surface area contributed by atoms with E-state index in [1.165, 1.54) is 23.3 Å². The Hall–Kier alpha value is -2.30. The molecule has 3 aromatic rings. The molecule has 0 N–H and O–H groups in total. The van der Waals surface area contributed by atoms with E-state index in [0.717, 1.165) is 31.1 Å². The fourth-order valence-corrected chi connectivity index (χ4v) is 3.81. The third-order valence-corrected chi connectivity index (χ3v) is 5.55. The topological polar surface area (TPSA) is 3.24 Å². The van der Waals surface area contributed by atoms with Crippen molar-refractivity contribution in [2.75, 3.05) is 19.6 Å². The highest BCUT2D eigenvalue weighted by Crippen LogP contribution is 2.29. The van der Waals surface area contributed by atoms with Crippen molar-refractivity contribution in [2.45, 2.75) is 19.8 Å². The molecule has 1 nitrogen and oxygen atoms in total. The summed E-state index contributed by atoms with van der Waals surface area (Å²) >= 11 is 0. The molecule has 0 saturated carbocycles. The lowest BCUT2D eigenvalue weighted by molar-refractivity contribution is 0.305. The lowest BCUT2D eigenvalue weighted by atomic mass is 9.96. The summed E-state index contributed by atoms with van der Waals surface area (Å²) in [4.78, 5) is 2.29. The predicted octanol–water partition coefficient (Wildman–Crippen LogP) is 6.32. The molecule has 29 heavy (non-hydrogen) atoms. The SMILES string of the molecule is Cc1c(F)c(F)cc(C2=CCN(CCc3ccc4ccccc4c3)CC2)c1F.Cl. The molecule has 0 unspecified atom stereocenters. The molecule has 1 aliphatic rings. The van der Waals surface area contributed by atoms with Crippen molar-refractivity contribution in [3.8, 4) is 0 Å². The minimum atomic E-state index is -1.10. The first-order valence-corrected chi connectivity index (χ1v) is 9.56. The van der Waals surface area contributed by atoms with Gasteiger partial charge in [-0.1, -0.05) is 48.5 Å². The molecule has 1 heterocycles. The van der Waals surface area contributed by atoms with Gasteiger partial charge in [-0.05, 0) is 47.7 Å². The van der Waals surface area contributed by atoms with Crippen molar-refractivity contribution in [3.63, 3.8) is 0 Å². The molecule has 152 valence electrons. The molecular formula is C24H23ClF3N. The van der Waals surface area contributed by atoms with Crippen molar-refractivity contribution in [1.82, 2.24) is 4.90 Å². The largest absolute Gasteiger partial charge is 0.299 e. The summed E-state index contributed by atoms with van der Waals surface area (Å²) in [7, 11) is 0. The van der Waals surface area contributed by atoms with Crippen LogP contribution in [0.4, 0.5) is 13.2 Å². The molecule has 0 atom stereocenters. The maximum Gasteiger partial charge on any atom is 0.164 e. The minimum absolute atomic E-state index is 0. The van der Waals surface area contributed by atoms with Gasteiger partial charge in [-0.25, -0.2) is 13.2 Å². The zero-order valence-corrected chi connectivity index (χ0v) is 17.0. The molecule has 0 spiro atoms. The van der Waals surface area contributed by atoms with Crippen LogP contribution in [0.1, 0.15) is 23.1 Å². The van der Waals surface area contributed by atoms with Crippen LogP contribution >= 0.6 is 12.4 Å². The third-order valence-electron chi connectivity index (χ3n) is 5.55. The molecule has 4 rings (SSSR count). The van der Waals surface area contributed by atoms with Gasteiger partial charge in [0.2, 0.25) is 0 Å². The van der Waals surface area contributed by atoms with Gasteiger partial charge in [0.25, 0.3) is 0 Å². The molecule has 0 saturated heterocycles. The fraction of sp³-hybridized carbons (Fsp3) is 0.250. The molecule has 3 aromatic carbocycles. The van der Waals surface area contributed by atoms with Crippen molar-refractivity contribution in [2.24, 2.45) is 0 Å². The number of rotatable bonds is 4. The summed E-state index contributed by atoms with van der Waals surface area (Å²) in [6, 6.07) is 15.8.